The maximum Gasteiger partial charge on any atom is 0.155 e. The standard InChI is InChI=1S/C16H20ClN3O/c1-3-13-16(17)14(20(2)19-13)10-15(21)12(18)9-11-7-5-4-6-8-11/h4-8,12H,3,9-10,18H2,1-2H3. The molecule has 21 heavy (non-hydrogen) atoms. The summed E-state index contributed by atoms with van der Waals surface area (Å²) in [7, 11) is 1.80. The number of rotatable bonds is 6. The molecule has 112 valence electrons. The summed E-state index contributed by atoms with van der Waals surface area (Å²) in [4.78, 5) is 12.3. The van der Waals surface area contributed by atoms with Crippen molar-refractivity contribution < 1.29 is 4.79 Å². The molecule has 5 heteroatoms. The van der Waals surface area contributed by atoms with E-state index in [0.717, 1.165) is 23.4 Å². The molecule has 1 heterocycles. The van der Waals surface area contributed by atoms with Crippen LogP contribution < -0.4 is 5.73 Å². The highest BCUT2D eigenvalue weighted by atomic mass is 35.5. The van der Waals surface area contributed by atoms with Crippen molar-refractivity contribution in [3.05, 3.63) is 52.3 Å². The lowest BCUT2D eigenvalue weighted by atomic mass is 10.0. The number of nitrogens with zero attached hydrogens (tertiary/aromatic N) is 2. The van der Waals surface area contributed by atoms with Crippen LogP contribution in [0.5, 0.6) is 0 Å². The minimum Gasteiger partial charge on any atom is -0.321 e. The van der Waals surface area contributed by atoms with Crippen molar-refractivity contribution in [2.45, 2.75) is 32.2 Å². The Bertz CT molecular complexity index is 622. The van der Waals surface area contributed by atoms with Gasteiger partial charge < -0.3 is 5.73 Å². The third-order valence-electron chi connectivity index (χ3n) is 3.56. The average molecular weight is 306 g/mol. The van der Waals surface area contributed by atoms with Crippen LogP contribution in [0.25, 0.3) is 0 Å². The molecule has 0 saturated carbocycles. The van der Waals surface area contributed by atoms with Crippen LogP contribution in [0.2, 0.25) is 5.02 Å². The molecule has 4 nitrogen and oxygen atoms in total. The van der Waals surface area contributed by atoms with Gasteiger partial charge in [-0.2, -0.15) is 5.10 Å². The number of ketones is 1. The Labute approximate surface area is 129 Å². The maximum atomic E-state index is 12.3. The number of Topliss-reactive ketones (excluding diaryl/α,β-unsaturated/α-hetero) is 1. The van der Waals surface area contributed by atoms with E-state index in [1.165, 1.54) is 0 Å². The number of halogens is 1. The Morgan fingerprint density at radius 3 is 2.62 bits per heavy atom. The van der Waals surface area contributed by atoms with E-state index in [1.807, 2.05) is 37.3 Å². The molecule has 0 aliphatic rings. The van der Waals surface area contributed by atoms with E-state index in [4.69, 9.17) is 17.3 Å². The van der Waals surface area contributed by atoms with Crippen molar-refractivity contribution >= 4 is 17.4 Å². The molecule has 2 aromatic rings. The molecule has 2 N–H and O–H groups in total. The zero-order valence-corrected chi connectivity index (χ0v) is 13.1. The minimum absolute atomic E-state index is 0.0218. The molecule has 0 radical (unpaired) electrons. The molecule has 0 saturated heterocycles. The summed E-state index contributed by atoms with van der Waals surface area (Å²) in [6.45, 7) is 1.99. The van der Waals surface area contributed by atoms with E-state index in [9.17, 15) is 4.79 Å². The van der Waals surface area contributed by atoms with Crippen LogP contribution in [0.1, 0.15) is 23.9 Å². The van der Waals surface area contributed by atoms with Gasteiger partial charge in [-0.1, -0.05) is 48.9 Å². The van der Waals surface area contributed by atoms with Crippen molar-refractivity contribution in [1.82, 2.24) is 9.78 Å². The van der Waals surface area contributed by atoms with Crippen molar-refractivity contribution in [2.75, 3.05) is 0 Å². The van der Waals surface area contributed by atoms with Crippen LogP contribution in [0, 0.1) is 0 Å². The van der Waals surface area contributed by atoms with Gasteiger partial charge in [0.25, 0.3) is 0 Å². The summed E-state index contributed by atoms with van der Waals surface area (Å²) in [5, 5.41) is 4.90. The van der Waals surface area contributed by atoms with E-state index in [1.54, 1.807) is 11.7 Å². The highest BCUT2D eigenvalue weighted by molar-refractivity contribution is 6.32. The highest BCUT2D eigenvalue weighted by Crippen LogP contribution is 2.21. The first-order valence-corrected chi connectivity index (χ1v) is 7.43. The number of nitrogens with two attached hydrogens (primary N) is 1. The second-order valence-electron chi connectivity index (χ2n) is 5.12. The Morgan fingerprint density at radius 2 is 2.05 bits per heavy atom. The van der Waals surface area contributed by atoms with Gasteiger partial charge in [0, 0.05) is 7.05 Å². The first kappa shape index (κ1) is 15.7. The van der Waals surface area contributed by atoms with Crippen molar-refractivity contribution in [1.29, 1.82) is 0 Å². The van der Waals surface area contributed by atoms with Gasteiger partial charge in [-0.3, -0.25) is 9.48 Å². The van der Waals surface area contributed by atoms with Gasteiger partial charge in [-0.05, 0) is 18.4 Å². The van der Waals surface area contributed by atoms with Crippen LogP contribution in [-0.2, 0) is 31.1 Å². The van der Waals surface area contributed by atoms with Crippen LogP contribution in [0.4, 0.5) is 0 Å². The number of carbonyl (C=O) groups is 1. The minimum atomic E-state index is -0.525. The lowest BCUT2D eigenvalue weighted by molar-refractivity contribution is -0.119. The summed E-state index contributed by atoms with van der Waals surface area (Å²) in [6, 6.07) is 9.25. The third-order valence-corrected chi connectivity index (χ3v) is 3.99. The first-order valence-electron chi connectivity index (χ1n) is 7.05. The Hall–Kier alpha value is -1.65. The number of carbonyl (C=O) groups excluding carboxylic acids is 1. The number of hydrogen-bond donors (Lipinski definition) is 1. The quantitative estimate of drug-likeness (QED) is 0.891. The molecule has 0 fully saturated rings. The first-order chi connectivity index (χ1) is 10.0. The summed E-state index contributed by atoms with van der Waals surface area (Å²) < 4.78 is 1.67. The van der Waals surface area contributed by atoms with Gasteiger partial charge in [-0.15, -0.1) is 0 Å². The van der Waals surface area contributed by atoms with Gasteiger partial charge in [0.2, 0.25) is 0 Å². The smallest absolute Gasteiger partial charge is 0.155 e. The fourth-order valence-electron chi connectivity index (χ4n) is 2.29. The summed E-state index contributed by atoms with van der Waals surface area (Å²) in [5.74, 6) is -0.0218. The van der Waals surface area contributed by atoms with E-state index < -0.39 is 6.04 Å². The Balaban J connectivity index is 2.06. The van der Waals surface area contributed by atoms with E-state index in [-0.39, 0.29) is 12.2 Å². The van der Waals surface area contributed by atoms with Gasteiger partial charge in [0.15, 0.2) is 5.78 Å². The molecule has 0 aliphatic heterocycles. The number of aromatic nitrogens is 2. The molecular weight excluding hydrogens is 286 g/mol. The summed E-state index contributed by atoms with van der Waals surface area (Å²) in [5.41, 5.74) is 8.63. The zero-order chi connectivity index (χ0) is 15.4. The topological polar surface area (TPSA) is 60.9 Å². The number of hydrogen-bond acceptors (Lipinski definition) is 3. The molecule has 0 amide bonds. The van der Waals surface area contributed by atoms with E-state index in [0.29, 0.717) is 11.4 Å². The Morgan fingerprint density at radius 1 is 1.38 bits per heavy atom. The lowest BCUT2D eigenvalue weighted by Crippen LogP contribution is -2.34. The maximum absolute atomic E-state index is 12.3. The molecular formula is C16H20ClN3O. The fraction of sp³-hybridized carbons (Fsp3) is 0.375. The Kier molecular flexibility index (Phi) is 5.15. The van der Waals surface area contributed by atoms with Crippen LogP contribution in [0.15, 0.2) is 30.3 Å². The van der Waals surface area contributed by atoms with E-state index >= 15 is 0 Å². The molecule has 1 aromatic heterocycles. The predicted molar refractivity (Wildman–Crippen MR) is 84.4 cm³/mol. The van der Waals surface area contributed by atoms with Crippen LogP contribution >= 0.6 is 11.6 Å². The molecule has 0 spiro atoms. The van der Waals surface area contributed by atoms with Gasteiger partial charge in [0.05, 0.1) is 28.9 Å². The second-order valence-corrected chi connectivity index (χ2v) is 5.50. The van der Waals surface area contributed by atoms with Gasteiger partial charge in [0.1, 0.15) is 0 Å². The van der Waals surface area contributed by atoms with Crippen molar-refractivity contribution in [3.8, 4) is 0 Å². The summed E-state index contributed by atoms with van der Waals surface area (Å²) in [6.07, 6.45) is 1.50. The fourth-order valence-corrected chi connectivity index (χ4v) is 2.65. The molecule has 0 aliphatic carbocycles. The average Bonchev–Trinajstić information content (AvgIpc) is 2.75. The number of aryl methyl sites for hydroxylation is 2. The largest absolute Gasteiger partial charge is 0.321 e. The predicted octanol–water partition coefficient (Wildman–Crippen LogP) is 2.32. The SMILES string of the molecule is CCc1nn(C)c(CC(=O)C(N)Cc2ccccc2)c1Cl. The number of benzene rings is 1. The van der Waals surface area contributed by atoms with E-state index in [2.05, 4.69) is 5.10 Å². The molecule has 1 aromatic carbocycles. The molecule has 1 unspecified atom stereocenters. The molecule has 1 atom stereocenters. The van der Waals surface area contributed by atoms with Crippen LogP contribution in [0.3, 0.4) is 0 Å². The normalized spacial score (nSPS) is 12.4. The van der Waals surface area contributed by atoms with Gasteiger partial charge >= 0.3 is 0 Å². The zero-order valence-electron chi connectivity index (χ0n) is 12.3. The highest BCUT2D eigenvalue weighted by Gasteiger charge is 2.20. The summed E-state index contributed by atoms with van der Waals surface area (Å²) >= 11 is 6.26. The third kappa shape index (κ3) is 3.71. The monoisotopic (exact) mass is 305 g/mol. The van der Waals surface area contributed by atoms with Crippen molar-refractivity contribution in [2.24, 2.45) is 12.8 Å². The lowest BCUT2D eigenvalue weighted by Gasteiger charge is -2.11. The molecule has 0 bridgehead atoms. The van der Waals surface area contributed by atoms with Crippen molar-refractivity contribution in [3.63, 3.8) is 0 Å². The molecule has 2 rings (SSSR count). The second kappa shape index (κ2) is 6.87. The van der Waals surface area contributed by atoms with Gasteiger partial charge in [-0.25, -0.2) is 0 Å². The van der Waals surface area contributed by atoms with Crippen LogP contribution in [-0.4, -0.2) is 21.6 Å².